The molecule has 0 atom stereocenters. The molecule has 3 rings (SSSR count). The molecule has 0 aliphatic heterocycles. The van der Waals surface area contributed by atoms with Crippen molar-refractivity contribution in [2.75, 3.05) is 17.7 Å². The molecule has 0 unspecified atom stereocenters. The van der Waals surface area contributed by atoms with E-state index >= 15 is 0 Å². The number of aryl methyl sites for hydroxylation is 1. The maximum Gasteiger partial charge on any atom is 0.266 e. The third kappa shape index (κ3) is 4.93. The van der Waals surface area contributed by atoms with Gasteiger partial charge in [0.2, 0.25) is 5.91 Å². The molecule has 2 amide bonds. The van der Waals surface area contributed by atoms with Crippen LogP contribution in [-0.2, 0) is 11.2 Å². The summed E-state index contributed by atoms with van der Waals surface area (Å²) in [5, 5.41) is 15.7. The molecule has 0 aliphatic carbocycles. The first kappa shape index (κ1) is 22.1. The van der Waals surface area contributed by atoms with E-state index in [0.717, 1.165) is 33.7 Å². The monoisotopic (exact) mass is 433 g/mol. The van der Waals surface area contributed by atoms with Gasteiger partial charge in [0.05, 0.1) is 24.0 Å². The molecule has 0 aliphatic rings. The van der Waals surface area contributed by atoms with Gasteiger partial charge in [0.1, 0.15) is 16.8 Å². The first-order valence-corrected chi connectivity index (χ1v) is 10.5. The first-order valence-electron chi connectivity index (χ1n) is 9.67. The second-order valence-corrected chi connectivity index (χ2v) is 8.17. The smallest absolute Gasteiger partial charge is 0.266 e. The summed E-state index contributed by atoms with van der Waals surface area (Å²) in [5.74, 6) is 0.150. The van der Waals surface area contributed by atoms with Crippen molar-refractivity contribution < 1.29 is 14.3 Å². The zero-order chi connectivity index (χ0) is 22.5. The predicted molar refractivity (Wildman–Crippen MR) is 123 cm³/mol. The highest BCUT2D eigenvalue weighted by Gasteiger charge is 2.22. The number of carbonyl (C=O) groups is 2. The number of thiophene rings is 1. The lowest BCUT2D eigenvalue weighted by molar-refractivity contribution is -0.115. The first-order chi connectivity index (χ1) is 14.8. The van der Waals surface area contributed by atoms with Crippen molar-refractivity contribution in [2.24, 2.45) is 0 Å². The molecule has 2 aromatic carbocycles. The molecule has 158 valence electrons. The van der Waals surface area contributed by atoms with Crippen molar-refractivity contribution in [1.82, 2.24) is 0 Å². The van der Waals surface area contributed by atoms with E-state index < -0.39 is 0 Å². The van der Waals surface area contributed by atoms with Gasteiger partial charge in [-0.1, -0.05) is 24.3 Å². The molecule has 31 heavy (non-hydrogen) atoms. The minimum absolute atomic E-state index is 0.149. The minimum Gasteiger partial charge on any atom is -0.497 e. The Hall–Kier alpha value is -3.63. The fourth-order valence-corrected chi connectivity index (χ4v) is 4.19. The molecule has 0 fully saturated rings. The Labute approximate surface area is 185 Å². The molecular weight excluding hydrogens is 410 g/mol. The molecular formula is C24H23N3O3S. The van der Waals surface area contributed by atoms with E-state index in [1.807, 2.05) is 44.2 Å². The van der Waals surface area contributed by atoms with Gasteiger partial charge in [-0.3, -0.25) is 9.59 Å². The number of rotatable bonds is 6. The van der Waals surface area contributed by atoms with Crippen LogP contribution in [0.4, 0.5) is 10.7 Å². The summed E-state index contributed by atoms with van der Waals surface area (Å²) in [6.07, 6.45) is 0.149. The SMILES string of the molecule is COc1ccc(CC(=O)Nc2sc(C(=O)Nc3cccc(C)c3C)c(C)c2C#N)cc1. The van der Waals surface area contributed by atoms with Gasteiger partial charge < -0.3 is 15.4 Å². The van der Waals surface area contributed by atoms with E-state index in [-0.39, 0.29) is 18.2 Å². The third-order valence-corrected chi connectivity index (χ3v) is 6.30. The van der Waals surface area contributed by atoms with Crippen LogP contribution in [0.3, 0.4) is 0 Å². The zero-order valence-electron chi connectivity index (χ0n) is 17.8. The van der Waals surface area contributed by atoms with E-state index in [1.54, 1.807) is 26.2 Å². The van der Waals surface area contributed by atoms with Crippen molar-refractivity contribution in [3.05, 3.63) is 75.2 Å². The molecule has 7 heteroatoms. The van der Waals surface area contributed by atoms with E-state index in [1.165, 1.54) is 0 Å². The number of methoxy groups -OCH3 is 1. The molecule has 6 nitrogen and oxygen atoms in total. The highest BCUT2D eigenvalue weighted by atomic mass is 32.1. The van der Waals surface area contributed by atoms with E-state index in [2.05, 4.69) is 16.7 Å². The Morgan fingerprint density at radius 1 is 1.03 bits per heavy atom. The van der Waals surface area contributed by atoms with Crippen LogP contribution < -0.4 is 15.4 Å². The summed E-state index contributed by atoms with van der Waals surface area (Å²) in [5.41, 5.74) is 4.46. The Morgan fingerprint density at radius 3 is 2.39 bits per heavy atom. The van der Waals surface area contributed by atoms with Gasteiger partial charge in [0, 0.05) is 5.69 Å². The Balaban J connectivity index is 1.78. The molecule has 0 spiro atoms. The van der Waals surface area contributed by atoms with Crippen molar-refractivity contribution >= 4 is 33.8 Å². The standard InChI is InChI=1S/C24H23N3O3S/c1-14-6-5-7-20(15(14)2)26-23(29)22-16(3)19(13-25)24(31-22)27-21(28)12-17-8-10-18(30-4)11-9-17/h5-11H,12H2,1-4H3,(H,26,29)(H,27,28). The van der Waals surface area contributed by atoms with Crippen molar-refractivity contribution in [2.45, 2.75) is 27.2 Å². The van der Waals surface area contributed by atoms with Gasteiger partial charge in [-0.05, 0) is 61.2 Å². The van der Waals surface area contributed by atoms with E-state index in [4.69, 9.17) is 4.74 Å². The number of hydrogen-bond donors (Lipinski definition) is 2. The number of hydrogen-bond acceptors (Lipinski definition) is 5. The summed E-state index contributed by atoms with van der Waals surface area (Å²) < 4.78 is 5.12. The second-order valence-electron chi connectivity index (χ2n) is 7.15. The quantitative estimate of drug-likeness (QED) is 0.573. The van der Waals surface area contributed by atoms with Gasteiger partial charge in [0.25, 0.3) is 5.91 Å². The predicted octanol–water partition coefficient (Wildman–Crippen LogP) is 4.99. The summed E-state index contributed by atoms with van der Waals surface area (Å²) in [4.78, 5) is 25.8. The third-order valence-electron chi connectivity index (χ3n) is 5.09. The average molecular weight is 434 g/mol. The topological polar surface area (TPSA) is 91.2 Å². The fraction of sp³-hybridized carbons (Fsp3) is 0.208. The largest absolute Gasteiger partial charge is 0.497 e. The number of nitrogens with one attached hydrogen (secondary N) is 2. The lowest BCUT2D eigenvalue weighted by Crippen LogP contribution is -2.14. The van der Waals surface area contributed by atoms with Gasteiger partial charge in [-0.25, -0.2) is 0 Å². The zero-order valence-corrected chi connectivity index (χ0v) is 18.6. The van der Waals surface area contributed by atoms with Gasteiger partial charge in [-0.2, -0.15) is 5.26 Å². The summed E-state index contributed by atoms with van der Waals surface area (Å²) >= 11 is 1.11. The summed E-state index contributed by atoms with van der Waals surface area (Å²) in [6, 6.07) is 15.0. The average Bonchev–Trinajstić information content (AvgIpc) is 3.06. The normalized spacial score (nSPS) is 10.3. The molecule has 1 heterocycles. The van der Waals surface area contributed by atoms with Crippen molar-refractivity contribution in [3.8, 4) is 11.8 Å². The van der Waals surface area contributed by atoms with Crippen LogP contribution >= 0.6 is 11.3 Å². The lowest BCUT2D eigenvalue weighted by Gasteiger charge is -2.09. The summed E-state index contributed by atoms with van der Waals surface area (Å²) in [7, 11) is 1.58. The number of carbonyl (C=O) groups excluding carboxylic acids is 2. The Kier molecular flexibility index (Phi) is 6.73. The maximum absolute atomic E-state index is 12.9. The number of ether oxygens (including phenoxy) is 1. The molecule has 1 aromatic heterocycles. The van der Waals surface area contributed by atoms with Crippen molar-refractivity contribution in [3.63, 3.8) is 0 Å². The fourth-order valence-electron chi connectivity index (χ4n) is 3.12. The van der Waals surface area contributed by atoms with E-state index in [0.29, 0.717) is 26.8 Å². The molecule has 0 radical (unpaired) electrons. The van der Waals surface area contributed by atoms with Crippen LogP contribution in [0.2, 0.25) is 0 Å². The number of anilines is 2. The molecule has 2 N–H and O–H groups in total. The number of amides is 2. The number of benzene rings is 2. The van der Waals surface area contributed by atoms with Crippen LogP contribution in [0.25, 0.3) is 0 Å². The van der Waals surface area contributed by atoms with Gasteiger partial charge >= 0.3 is 0 Å². The van der Waals surface area contributed by atoms with Gasteiger partial charge in [-0.15, -0.1) is 11.3 Å². The summed E-state index contributed by atoms with van der Waals surface area (Å²) in [6.45, 7) is 5.63. The van der Waals surface area contributed by atoms with Crippen LogP contribution in [0.1, 0.15) is 37.5 Å². The van der Waals surface area contributed by atoms with Crippen LogP contribution in [-0.4, -0.2) is 18.9 Å². The number of nitrogens with zero attached hydrogens (tertiary/aromatic N) is 1. The number of nitriles is 1. The maximum atomic E-state index is 12.9. The van der Waals surface area contributed by atoms with Crippen LogP contribution in [0, 0.1) is 32.1 Å². The molecule has 3 aromatic rings. The molecule has 0 saturated heterocycles. The van der Waals surface area contributed by atoms with Crippen LogP contribution in [0.5, 0.6) is 5.75 Å². The van der Waals surface area contributed by atoms with Gasteiger partial charge in [0.15, 0.2) is 0 Å². The molecule has 0 saturated carbocycles. The Morgan fingerprint density at radius 2 is 1.74 bits per heavy atom. The minimum atomic E-state index is -0.302. The highest BCUT2D eigenvalue weighted by molar-refractivity contribution is 7.18. The highest BCUT2D eigenvalue weighted by Crippen LogP contribution is 2.33. The van der Waals surface area contributed by atoms with E-state index in [9.17, 15) is 14.9 Å². The second kappa shape index (κ2) is 9.45. The molecule has 0 bridgehead atoms. The Bertz CT molecular complexity index is 1170. The van der Waals surface area contributed by atoms with Crippen molar-refractivity contribution in [1.29, 1.82) is 5.26 Å². The lowest BCUT2D eigenvalue weighted by atomic mass is 10.1. The van der Waals surface area contributed by atoms with Crippen LogP contribution in [0.15, 0.2) is 42.5 Å².